The van der Waals surface area contributed by atoms with Crippen molar-refractivity contribution in [3.63, 3.8) is 0 Å². The van der Waals surface area contributed by atoms with Crippen molar-refractivity contribution < 1.29 is 4.74 Å². The van der Waals surface area contributed by atoms with Gasteiger partial charge >= 0.3 is 0 Å². The van der Waals surface area contributed by atoms with Crippen molar-refractivity contribution in [1.29, 1.82) is 0 Å². The number of hydrogen-bond donors (Lipinski definition) is 0. The lowest BCUT2D eigenvalue weighted by Crippen LogP contribution is -1.96. The lowest BCUT2D eigenvalue weighted by Gasteiger charge is -2.09. The maximum atomic E-state index is 6.25. The topological polar surface area (TPSA) is 9.23 Å². The van der Waals surface area contributed by atoms with Crippen molar-refractivity contribution >= 4 is 27.5 Å². The molecule has 0 atom stereocenters. The highest BCUT2D eigenvalue weighted by Crippen LogP contribution is 2.34. The highest BCUT2D eigenvalue weighted by Gasteiger charge is 2.24. The lowest BCUT2D eigenvalue weighted by atomic mass is 10.1. The summed E-state index contributed by atoms with van der Waals surface area (Å²) in [5.74, 6) is 0.792. The molecular weight excluding hydrogens is 312 g/mol. The van der Waals surface area contributed by atoms with Crippen LogP contribution in [0.1, 0.15) is 12.8 Å². The molecule has 18 heavy (non-hydrogen) atoms. The highest BCUT2D eigenvalue weighted by molar-refractivity contribution is 9.10. The van der Waals surface area contributed by atoms with E-state index in [4.69, 9.17) is 16.3 Å². The third kappa shape index (κ3) is 2.70. The fourth-order valence-electron chi connectivity index (χ4n) is 1.78. The first kappa shape index (κ1) is 12.1. The molecule has 0 radical (unpaired) electrons. The Morgan fingerprint density at radius 2 is 1.67 bits per heavy atom. The second kappa shape index (κ2) is 4.94. The van der Waals surface area contributed by atoms with Crippen molar-refractivity contribution in [3.8, 4) is 16.9 Å². The van der Waals surface area contributed by atoms with Gasteiger partial charge in [-0.25, -0.2) is 0 Å². The van der Waals surface area contributed by atoms with Crippen molar-refractivity contribution in [2.45, 2.75) is 18.9 Å². The van der Waals surface area contributed by atoms with Crippen molar-refractivity contribution in [3.05, 3.63) is 52.0 Å². The first-order valence-electron chi connectivity index (χ1n) is 5.94. The van der Waals surface area contributed by atoms with E-state index in [0.717, 1.165) is 34.2 Å². The number of rotatable bonds is 3. The van der Waals surface area contributed by atoms with Gasteiger partial charge in [-0.3, -0.25) is 0 Å². The van der Waals surface area contributed by atoms with Crippen LogP contribution in [-0.4, -0.2) is 6.10 Å². The quantitative estimate of drug-likeness (QED) is 0.743. The van der Waals surface area contributed by atoms with E-state index in [0.29, 0.717) is 11.1 Å². The first-order valence-corrected chi connectivity index (χ1v) is 7.11. The Balaban J connectivity index is 1.88. The molecule has 3 rings (SSSR count). The van der Waals surface area contributed by atoms with E-state index in [1.807, 2.05) is 30.3 Å². The predicted molar refractivity (Wildman–Crippen MR) is 78.2 cm³/mol. The van der Waals surface area contributed by atoms with Gasteiger partial charge in [-0.2, -0.15) is 0 Å². The van der Waals surface area contributed by atoms with Gasteiger partial charge in [-0.15, -0.1) is 0 Å². The zero-order valence-electron chi connectivity index (χ0n) is 9.70. The summed E-state index contributed by atoms with van der Waals surface area (Å²) >= 11 is 9.68. The third-order valence-corrected chi connectivity index (χ3v) is 3.75. The number of ether oxygens (including phenoxy) is 1. The van der Waals surface area contributed by atoms with E-state index in [-0.39, 0.29) is 0 Å². The fourth-order valence-corrected chi connectivity index (χ4v) is 2.27. The molecule has 1 aliphatic rings. The molecular formula is C15H12BrClO. The van der Waals surface area contributed by atoms with Crippen molar-refractivity contribution in [1.82, 2.24) is 0 Å². The molecule has 0 bridgehead atoms. The van der Waals surface area contributed by atoms with E-state index in [1.165, 1.54) is 0 Å². The van der Waals surface area contributed by atoms with Gasteiger partial charge in [0.2, 0.25) is 0 Å². The number of hydrogen-bond acceptors (Lipinski definition) is 1. The zero-order valence-corrected chi connectivity index (χ0v) is 12.0. The Labute approximate surface area is 120 Å². The Bertz CT molecular complexity index is 561. The summed E-state index contributed by atoms with van der Waals surface area (Å²) in [5, 5.41) is 0.683. The molecule has 1 nitrogen and oxygen atoms in total. The van der Waals surface area contributed by atoms with E-state index >= 15 is 0 Å². The summed E-state index contributed by atoms with van der Waals surface area (Å²) in [7, 11) is 0. The average Bonchev–Trinajstić information content (AvgIpc) is 3.17. The summed E-state index contributed by atoms with van der Waals surface area (Å²) in [5.41, 5.74) is 2.26. The summed E-state index contributed by atoms with van der Waals surface area (Å²) in [4.78, 5) is 0. The molecule has 0 aromatic heterocycles. The minimum Gasteiger partial charge on any atom is -0.489 e. The molecule has 0 heterocycles. The van der Waals surface area contributed by atoms with Crippen LogP contribution in [0.2, 0.25) is 5.02 Å². The Morgan fingerprint density at radius 1 is 1.00 bits per heavy atom. The molecule has 0 N–H and O–H groups in total. The summed E-state index contributed by atoms with van der Waals surface area (Å²) in [6.07, 6.45) is 2.66. The number of benzene rings is 2. The van der Waals surface area contributed by atoms with Crippen molar-refractivity contribution in [2.75, 3.05) is 0 Å². The maximum Gasteiger partial charge on any atom is 0.138 e. The molecule has 0 saturated heterocycles. The van der Waals surface area contributed by atoms with Crippen LogP contribution in [0.3, 0.4) is 0 Å². The van der Waals surface area contributed by atoms with E-state index in [1.54, 1.807) is 0 Å². The highest BCUT2D eigenvalue weighted by atomic mass is 79.9. The van der Waals surface area contributed by atoms with Gasteiger partial charge in [0.1, 0.15) is 5.75 Å². The zero-order chi connectivity index (χ0) is 12.5. The van der Waals surface area contributed by atoms with Crippen LogP contribution in [-0.2, 0) is 0 Å². The molecule has 3 heteroatoms. The van der Waals surface area contributed by atoms with E-state index in [9.17, 15) is 0 Å². The molecule has 0 unspecified atom stereocenters. The van der Waals surface area contributed by atoms with Gasteiger partial charge in [0.25, 0.3) is 0 Å². The van der Waals surface area contributed by atoms with Gasteiger partial charge in [-0.1, -0.05) is 45.7 Å². The van der Waals surface area contributed by atoms with Crippen LogP contribution in [0.5, 0.6) is 5.75 Å². The van der Waals surface area contributed by atoms with Gasteiger partial charge < -0.3 is 4.74 Å². The van der Waals surface area contributed by atoms with Gasteiger partial charge in [0.15, 0.2) is 0 Å². The first-order chi connectivity index (χ1) is 8.72. The second-order valence-corrected chi connectivity index (χ2v) is 5.79. The standard InChI is InChI=1S/C15H12BrClO/c16-12-4-1-10(2-5-12)11-3-8-15(14(17)9-11)18-13-6-7-13/h1-5,8-9,13H,6-7H2. The minimum absolute atomic E-state index is 0.376. The molecule has 0 spiro atoms. The summed E-state index contributed by atoms with van der Waals surface area (Å²) < 4.78 is 6.80. The van der Waals surface area contributed by atoms with Crippen molar-refractivity contribution in [2.24, 2.45) is 0 Å². The predicted octanol–water partition coefficient (Wildman–Crippen LogP) is 5.31. The number of halogens is 2. The van der Waals surface area contributed by atoms with E-state index in [2.05, 4.69) is 28.1 Å². The summed E-state index contributed by atoms with van der Waals surface area (Å²) in [6, 6.07) is 14.2. The molecule has 1 fully saturated rings. The molecule has 1 aliphatic carbocycles. The average molecular weight is 324 g/mol. The molecule has 2 aromatic rings. The molecule has 1 saturated carbocycles. The third-order valence-electron chi connectivity index (χ3n) is 2.93. The van der Waals surface area contributed by atoms with E-state index < -0.39 is 0 Å². The van der Waals surface area contributed by atoms with Gasteiger partial charge in [0.05, 0.1) is 11.1 Å². The summed E-state index contributed by atoms with van der Waals surface area (Å²) in [6.45, 7) is 0. The van der Waals surface area contributed by atoms with Crippen LogP contribution in [0.4, 0.5) is 0 Å². The minimum atomic E-state index is 0.376. The second-order valence-electron chi connectivity index (χ2n) is 4.47. The molecule has 2 aromatic carbocycles. The normalized spacial score (nSPS) is 14.6. The Kier molecular flexibility index (Phi) is 3.31. The Hall–Kier alpha value is -0.990. The van der Waals surface area contributed by atoms with Gasteiger partial charge in [-0.05, 0) is 48.2 Å². The SMILES string of the molecule is Clc1cc(-c2ccc(Br)cc2)ccc1OC1CC1. The van der Waals surface area contributed by atoms with Crippen LogP contribution in [0.25, 0.3) is 11.1 Å². The monoisotopic (exact) mass is 322 g/mol. The lowest BCUT2D eigenvalue weighted by molar-refractivity contribution is 0.303. The maximum absolute atomic E-state index is 6.25. The van der Waals surface area contributed by atoms with Crippen LogP contribution >= 0.6 is 27.5 Å². The van der Waals surface area contributed by atoms with Gasteiger partial charge in [0, 0.05) is 4.47 Å². The smallest absolute Gasteiger partial charge is 0.138 e. The molecule has 0 amide bonds. The largest absolute Gasteiger partial charge is 0.489 e. The van der Waals surface area contributed by atoms with Crippen LogP contribution < -0.4 is 4.74 Å². The Morgan fingerprint density at radius 3 is 2.28 bits per heavy atom. The van der Waals surface area contributed by atoms with Crippen LogP contribution in [0, 0.1) is 0 Å². The molecule has 92 valence electrons. The van der Waals surface area contributed by atoms with Crippen LogP contribution in [0.15, 0.2) is 46.9 Å². The molecule has 0 aliphatic heterocycles. The fraction of sp³-hybridized carbons (Fsp3) is 0.200.